The Labute approximate surface area is 130 Å². The van der Waals surface area contributed by atoms with Crippen LogP contribution < -0.4 is 10.1 Å². The van der Waals surface area contributed by atoms with Gasteiger partial charge >= 0.3 is 0 Å². The Morgan fingerprint density at radius 1 is 1.29 bits per heavy atom. The maximum absolute atomic E-state index is 13.8. The Bertz CT molecular complexity index is 825. The van der Waals surface area contributed by atoms with E-state index in [0.717, 1.165) is 6.07 Å². The highest BCUT2D eigenvalue weighted by atomic mass is 79.9. The van der Waals surface area contributed by atoms with Crippen LogP contribution in [0.15, 0.2) is 28.1 Å². The van der Waals surface area contributed by atoms with Gasteiger partial charge in [-0.25, -0.2) is 9.37 Å². The van der Waals surface area contributed by atoms with Gasteiger partial charge in [0, 0.05) is 11.5 Å². The van der Waals surface area contributed by atoms with Gasteiger partial charge in [0.2, 0.25) is 17.6 Å². The summed E-state index contributed by atoms with van der Waals surface area (Å²) in [6, 6.07) is 4.14. The summed E-state index contributed by atoms with van der Waals surface area (Å²) in [4.78, 5) is 9.09. The highest BCUT2D eigenvalue weighted by Crippen LogP contribution is 2.34. The topological polar surface area (TPSA) is 47.0 Å². The molecule has 0 amide bonds. The molecule has 0 atom stereocenters. The van der Waals surface area contributed by atoms with E-state index in [1.165, 1.54) is 17.4 Å². The number of hydrogen-bond donors (Lipinski definition) is 1. The van der Waals surface area contributed by atoms with Gasteiger partial charge in [0.05, 0.1) is 5.39 Å². The van der Waals surface area contributed by atoms with E-state index in [-0.39, 0.29) is 11.6 Å². The highest BCUT2D eigenvalue weighted by molar-refractivity contribution is 9.10. The number of ether oxygens (including phenoxy) is 1. The zero-order chi connectivity index (χ0) is 15.0. The molecule has 3 rings (SSSR count). The van der Waals surface area contributed by atoms with Gasteiger partial charge in [-0.05, 0) is 23.6 Å². The van der Waals surface area contributed by atoms with Crippen molar-refractivity contribution in [2.75, 3.05) is 12.4 Å². The number of thiophene rings is 1. The zero-order valence-corrected chi connectivity index (χ0v) is 13.1. The molecule has 0 aliphatic carbocycles. The minimum absolute atomic E-state index is 0.169. The maximum atomic E-state index is 13.8. The minimum atomic E-state index is -1.06. The van der Waals surface area contributed by atoms with Crippen LogP contribution in [0.3, 0.4) is 0 Å². The fraction of sp³-hybridized carbons (Fsp3) is 0.0769. The second kappa shape index (κ2) is 5.53. The average molecular weight is 372 g/mol. The molecule has 0 saturated heterocycles. The molecule has 0 radical (unpaired) electrons. The fourth-order valence-electron chi connectivity index (χ4n) is 1.73. The molecule has 4 nitrogen and oxygen atoms in total. The predicted octanol–water partition coefficient (Wildman–Crippen LogP) is 4.57. The van der Waals surface area contributed by atoms with E-state index in [0.29, 0.717) is 20.6 Å². The molecule has 8 heteroatoms. The first-order valence-electron chi connectivity index (χ1n) is 5.84. The maximum Gasteiger partial charge on any atom is 0.233 e. The van der Waals surface area contributed by atoms with Crippen LogP contribution in [0.2, 0.25) is 0 Å². The Kier molecular flexibility index (Phi) is 3.73. The van der Waals surface area contributed by atoms with Crippen LogP contribution in [-0.2, 0) is 0 Å². The Morgan fingerprint density at radius 3 is 2.86 bits per heavy atom. The van der Waals surface area contributed by atoms with Crippen LogP contribution in [0.1, 0.15) is 0 Å². The van der Waals surface area contributed by atoms with Crippen molar-refractivity contribution in [1.82, 2.24) is 9.97 Å². The average Bonchev–Trinajstić information content (AvgIpc) is 2.92. The van der Waals surface area contributed by atoms with Crippen molar-refractivity contribution in [3.8, 4) is 11.6 Å². The summed E-state index contributed by atoms with van der Waals surface area (Å²) in [5, 5.41) is 5.26. The van der Waals surface area contributed by atoms with E-state index < -0.39 is 11.6 Å². The lowest BCUT2D eigenvalue weighted by molar-refractivity contribution is 0.408. The molecule has 0 unspecified atom stereocenters. The number of halogens is 3. The third-order valence-electron chi connectivity index (χ3n) is 2.68. The van der Waals surface area contributed by atoms with Crippen molar-refractivity contribution in [1.29, 1.82) is 0 Å². The van der Waals surface area contributed by atoms with E-state index in [1.54, 1.807) is 13.1 Å². The summed E-state index contributed by atoms with van der Waals surface area (Å²) in [6.07, 6.45) is 0. The number of rotatable bonds is 3. The molecule has 2 heterocycles. The SMILES string of the molecule is CNc1nc(Oc2cc(Br)cc(F)c2F)c2ccsc2n1. The standard InChI is InChI=1S/C13H8BrF2N3OS/c1-17-13-18-11(7-2-3-21-12(7)19-13)20-9-5-6(14)4-8(15)10(9)16/h2-5H,1H3,(H,17,18,19). The molecule has 0 aliphatic heterocycles. The van der Waals surface area contributed by atoms with Crippen LogP contribution >= 0.6 is 27.3 Å². The molecular weight excluding hydrogens is 364 g/mol. The molecule has 0 spiro atoms. The Balaban J connectivity index is 2.11. The van der Waals surface area contributed by atoms with Crippen LogP contribution in [0.5, 0.6) is 11.6 Å². The first-order chi connectivity index (χ1) is 10.1. The summed E-state index contributed by atoms with van der Waals surface area (Å²) in [5.41, 5.74) is 0. The van der Waals surface area contributed by atoms with Crippen LogP contribution in [0.25, 0.3) is 10.2 Å². The number of nitrogens with one attached hydrogen (secondary N) is 1. The number of fused-ring (bicyclic) bond motifs is 1. The number of hydrogen-bond acceptors (Lipinski definition) is 5. The summed E-state index contributed by atoms with van der Waals surface area (Å²) in [6.45, 7) is 0. The first kappa shape index (κ1) is 14.2. The lowest BCUT2D eigenvalue weighted by Crippen LogP contribution is -1.99. The second-order valence-corrected chi connectivity index (χ2v) is 5.85. The Hall–Kier alpha value is -1.80. The molecule has 2 aromatic heterocycles. The van der Waals surface area contributed by atoms with Gasteiger partial charge in [0.1, 0.15) is 4.83 Å². The van der Waals surface area contributed by atoms with Crippen molar-refractivity contribution in [2.45, 2.75) is 0 Å². The second-order valence-electron chi connectivity index (χ2n) is 4.04. The van der Waals surface area contributed by atoms with Gasteiger partial charge in [-0.15, -0.1) is 11.3 Å². The third-order valence-corrected chi connectivity index (χ3v) is 3.94. The largest absolute Gasteiger partial charge is 0.435 e. The molecule has 1 aromatic carbocycles. The van der Waals surface area contributed by atoms with Crippen molar-refractivity contribution >= 4 is 43.4 Å². The van der Waals surface area contributed by atoms with E-state index in [9.17, 15) is 8.78 Å². The number of aromatic nitrogens is 2. The van der Waals surface area contributed by atoms with E-state index in [2.05, 4.69) is 31.2 Å². The number of benzene rings is 1. The summed E-state index contributed by atoms with van der Waals surface area (Å²) in [7, 11) is 1.66. The van der Waals surface area contributed by atoms with Crippen LogP contribution in [0.4, 0.5) is 14.7 Å². The molecular formula is C13H8BrF2N3OS. The highest BCUT2D eigenvalue weighted by Gasteiger charge is 2.16. The summed E-state index contributed by atoms with van der Waals surface area (Å²) in [5.74, 6) is -1.79. The fourth-order valence-corrected chi connectivity index (χ4v) is 2.89. The predicted molar refractivity (Wildman–Crippen MR) is 81.1 cm³/mol. The molecule has 3 aromatic rings. The quantitative estimate of drug-likeness (QED) is 0.685. The normalized spacial score (nSPS) is 10.9. The zero-order valence-electron chi connectivity index (χ0n) is 10.7. The monoisotopic (exact) mass is 371 g/mol. The van der Waals surface area contributed by atoms with Gasteiger partial charge in [-0.3, -0.25) is 0 Å². The van der Waals surface area contributed by atoms with Gasteiger partial charge < -0.3 is 10.1 Å². The van der Waals surface area contributed by atoms with Gasteiger partial charge in [0.15, 0.2) is 11.6 Å². The van der Waals surface area contributed by atoms with Crippen molar-refractivity contribution < 1.29 is 13.5 Å². The van der Waals surface area contributed by atoms with E-state index in [4.69, 9.17) is 4.74 Å². The third kappa shape index (κ3) is 2.68. The summed E-state index contributed by atoms with van der Waals surface area (Å²) >= 11 is 4.51. The smallest absolute Gasteiger partial charge is 0.233 e. The first-order valence-corrected chi connectivity index (χ1v) is 7.51. The van der Waals surface area contributed by atoms with Gasteiger partial charge in [0.25, 0.3) is 0 Å². The summed E-state index contributed by atoms with van der Waals surface area (Å²) < 4.78 is 33.0. The minimum Gasteiger partial charge on any atom is -0.435 e. The molecule has 1 N–H and O–H groups in total. The molecule has 0 bridgehead atoms. The molecule has 0 aliphatic rings. The van der Waals surface area contributed by atoms with E-state index >= 15 is 0 Å². The Morgan fingerprint density at radius 2 is 2.10 bits per heavy atom. The molecule has 21 heavy (non-hydrogen) atoms. The van der Waals surface area contributed by atoms with Gasteiger partial charge in [-0.2, -0.15) is 9.37 Å². The van der Waals surface area contributed by atoms with Crippen LogP contribution in [-0.4, -0.2) is 17.0 Å². The van der Waals surface area contributed by atoms with Crippen molar-refractivity contribution in [2.24, 2.45) is 0 Å². The van der Waals surface area contributed by atoms with Crippen LogP contribution in [0, 0.1) is 11.6 Å². The van der Waals surface area contributed by atoms with Crippen molar-refractivity contribution in [3.63, 3.8) is 0 Å². The number of anilines is 1. The molecule has 0 fully saturated rings. The van der Waals surface area contributed by atoms with E-state index in [1.807, 2.05) is 5.38 Å². The molecule has 0 saturated carbocycles. The molecule has 108 valence electrons. The van der Waals surface area contributed by atoms with Crippen molar-refractivity contribution in [3.05, 3.63) is 39.7 Å². The van der Waals surface area contributed by atoms with Gasteiger partial charge in [-0.1, -0.05) is 15.9 Å². The lowest BCUT2D eigenvalue weighted by atomic mass is 10.3. The number of nitrogens with zero attached hydrogens (tertiary/aromatic N) is 2. The lowest BCUT2D eigenvalue weighted by Gasteiger charge is -2.09.